The minimum atomic E-state index is -0.0643. The molecule has 2 aromatic rings. The van der Waals surface area contributed by atoms with Crippen LogP contribution in [-0.4, -0.2) is 51.9 Å². The summed E-state index contributed by atoms with van der Waals surface area (Å²) < 4.78 is 1.93. The zero-order valence-corrected chi connectivity index (χ0v) is 14.9. The fraction of sp³-hybridized carbons (Fsp3) is 0.500. The molecule has 1 fully saturated rings. The first kappa shape index (κ1) is 17.3. The fourth-order valence-corrected chi connectivity index (χ4v) is 3.27. The van der Waals surface area contributed by atoms with E-state index in [2.05, 4.69) is 44.7 Å². The second kappa shape index (κ2) is 8.00. The number of hydrogen-bond acceptors (Lipinski definition) is 4. The molecule has 0 saturated carbocycles. The molecule has 0 spiro atoms. The Bertz CT molecular complexity index is 686. The zero-order chi connectivity index (χ0) is 17.6. The van der Waals surface area contributed by atoms with Crippen LogP contribution in [0.1, 0.15) is 25.6 Å². The normalized spacial score (nSPS) is 17.4. The molecule has 3 rings (SSSR count). The summed E-state index contributed by atoms with van der Waals surface area (Å²) in [5.74, 6) is 0.777. The highest BCUT2D eigenvalue weighted by Crippen LogP contribution is 2.21. The lowest BCUT2D eigenvalue weighted by molar-refractivity contribution is 0.182. The van der Waals surface area contributed by atoms with Crippen molar-refractivity contribution in [3.63, 3.8) is 0 Å². The van der Waals surface area contributed by atoms with E-state index >= 15 is 0 Å². The number of para-hydroxylation sites is 1. The van der Waals surface area contributed by atoms with Crippen molar-refractivity contribution < 1.29 is 4.79 Å². The molecule has 1 N–H and O–H groups in total. The highest BCUT2D eigenvalue weighted by atomic mass is 16.2. The quantitative estimate of drug-likeness (QED) is 0.904. The van der Waals surface area contributed by atoms with Gasteiger partial charge in [0.1, 0.15) is 6.33 Å². The minimum Gasteiger partial charge on any atom is -0.369 e. The van der Waals surface area contributed by atoms with Gasteiger partial charge in [0, 0.05) is 32.4 Å². The predicted molar refractivity (Wildman–Crippen MR) is 97.4 cm³/mol. The van der Waals surface area contributed by atoms with Gasteiger partial charge >= 0.3 is 6.03 Å². The average Bonchev–Trinajstić information content (AvgIpc) is 3.14. The number of anilines is 1. The second-order valence-corrected chi connectivity index (χ2v) is 6.38. The SMILES string of the molecule is CCn1cnnc1CNC(=O)N(C)[C@H]1CCCN(c2ccccc2)C1. The van der Waals surface area contributed by atoms with Gasteiger partial charge in [-0.1, -0.05) is 18.2 Å². The van der Waals surface area contributed by atoms with Gasteiger partial charge in [0.25, 0.3) is 0 Å². The largest absolute Gasteiger partial charge is 0.369 e. The van der Waals surface area contributed by atoms with Crippen LogP contribution < -0.4 is 10.2 Å². The molecular formula is C18H26N6O. The Hall–Kier alpha value is -2.57. The van der Waals surface area contributed by atoms with Crippen LogP contribution >= 0.6 is 0 Å². The maximum Gasteiger partial charge on any atom is 0.317 e. The number of nitrogens with zero attached hydrogens (tertiary/aromatic N) is 5. The van der Waals surface area contributed by atoms with E-state index < -0.39 is 0 Å². The Morgan fingerprint density at radius 2 is 2.16 bits per heavy atom. The average molecular weight is 342 g/mol. The van der Waals surface area contributed by atoms with Crippen molar-refractivity contribution in [2.24, 2.45) is 0 Å². The molecule has 1 saturated heterocycles. The van der Waals surface area contributed by atoms with E-state index in [4.69, 9.17) is 0 Å². The van der Waals surface area contributed by atoms with Gasteiger partial charge in [-0.15, -0.1) is 10.2 Å². The maximum atomic E-state index is 12.5. The summed E-state index contributed by atoms with van der Waals surface area (Å²) >= 11 is 0. The lowest BCUT2D eigenvalue weighted by atomic mass is 10.0. The number of carbonyl (C=O) groups is 1. The number of carbonyl (C=O) groups excluding carboxylic acids is 1. The van der Waals surface area contributed by atoms with Crippen LogP contribution in [0.15, 0.2) is 36.7 Å². The third-order valence-electron chi connectivity index (χ3n) is 4.82. The third kappa shape index (κ3) is 4.10. The van der Waals surface area contributed by atoms with Gasteiger partial charge in [0.2, 0.25) is 0 Å². The number of urea groups is 1. The van der Waals surface area contributed by atoms with E-state index in [1.807, 2.05) is 29.5 Å². The van der Waals surface area contributed by atoms with Crippen molar-refractivity contribution in [3.8, 4) is 0 Å². The summed E-state index contributed by atoms with van der Waals surface area (Å²) in [4.78, 5) is 16.7. The monoisotopic (exact) mass is 342 g/mol. The van der Waals surface area contributed by atoms with E-state index in [1.165, 1.54) is 5.69 Å². The Morgan fingerprint density at radius 1 is 1.36 bits per heavy atom. The number of amides is 2. The van der Waals surface area contributed by atoms with Crippen LogP contribution in [0, 0.1) is 0 Å². The first-order chi connectivity index (χ1) is 12.2. The predicted octanol–water partition coefficient (Wildman–Crippen LogP) is 2.11. The lowest BCUT2D eigenvalue weighted by Crippen LogP contribution is -2.51. The molecule has 2 heterocycles. The Balaban J connectivity index is 1.56. The molecule has 7 nitrogen and oxygen atoms in total. The van der Waals surface area contributed by atoms with E-state index in [1.54, 1.807) is 6.33 Å². The molecule has 1 aliphatic heterocycles. The lowest BCUT2D eigenvalue weighted by Gasteiger charge is -2.38. The van der Waals surface area contributed by atoms with Gasteiger partial charge < -0.3 is 19.7 Å². The Kier molecular flexibility index (Phi) is 5.53. The first-order valence-electron chi connectivity index (χ1n) is 8.86. The molecule has 1 aliphatic rings. The van der Waals surface area contributed by atoms with Crippen LogP contribution in [0.25, 0.3) is 0 Å². The topological polar surface area (TPSA) is 66.3 Å². The smallest absolute Gasteiger partial charge is 0.317 e. The molecule has 0 bridgehead atoms. The van der Waals surface area contributed by atoms with E-state index in [0.717, 1.165) is 38.3 Å². The summed E-state index contributed by atoms with van der Waals surface area (Å²) in [5.41, 5.74) is 1.22. The minimum absolute atomic E-state index is 0.0643. The van der Waals surface area contributed by atoms with Gasteiger partial charge in [0.15, 0.2) is 5.82 Å². The van der Waals surface area contributed by atoms with Crippen LogP contribution in [0.3, 0.4) is 0 Å². The molecule has 0 unspecified atom stereocenters. The van der Waals surface area contributed by atoms with Gasteiger partial charge in [-0.3, -0.25) is 0 Å². The Morgan fingerprint density at radius 3 is 2.92 bits per heavy atom. The summed E-state index contributed by atoms with van der Waals surface area (Å²) in [6, 6.07) is 10.5. The number of nitrogens with one attached hydrogen (secondary N) is 1. The molecule has 2 amide bonds. The molecule has 7 heteroatoms. The van der Waals surface area contributed by atoms with Crippen molar-refractivity contribution in [2.75, 3.05) is 25.0 Å². The standard InChI is InChI=1S/C18H26N6O/c1-3-23-14-20-21-17(23)12-19-18(25)22(2)16-10-7-11-24(13-16)15-8-5-4-6-9-15/h4-6,8-9,14,16H,3,7,10-13H2,1-2H3,(H,19,25)/t16-/m0/s1. The van der Waals surface area contributed by atoms with E-state index in [0.29, 0.717) is 6.54 Å². The second-order valence-electron chi connectivity index (χ2n) is 6.38. The molecule has 1 aromatic heterocycles. The molecular weight excluding hydrogens is 316 g/mol. The van der Waals surface area contributed by atoms with Crippen molar-refractivity contribution in [1.82, 2.24) is 25.0 Å². The van der Waals surface area contributed by atoms with Crippen LogP contribution in [0.2, 0.25) is 0 Å². The highest BCUT2D eigenvalue weighted by Gasteiger charge is 2.26. The maximum absolute atomic E-state index is 12.5. The number of hydrogen-bond donors (Lipinski definition) is 1. The van der Waals surface area contributed by atoms with Crippen LogP contribution in [-0.2, 0) is 13.1 Å². The molecule has 1 aromatic carbocycles. The molecule has 1 atom stereocenters. The highest BCUT2D eigenvalue weighted by molar-refractivity contribution is 5.74. The van der Waals surface area contributed by atoms with Gasteiger partial charge in [-0.25, -0.2) is 4.79 Å². The molecule has 0 radical (unpaired) electrons. The number of aryl methyl sites for hydroxylation is 1. The molecule has 134 valence electrons. The summed E-state index contributed by atoms with van der Waals surface area (Å²) in [5, 5.41) is 10.9. The van der Waals surface area contributed by atoms with Crippen molar-refractivity contribution in [2.45, 2.75) is 38.9 Å². The Labute approximate surface area is 148 Å². The number of rotatable bonds is 5. The summed E-state index contributed by atoms with van der Waals surface area (Å²) in [7, 11) is 1.87. The summed E-state index contributed by atoms with van der Waals surface area (Å²) in [6.07, 6.45) is 3.80. The van der Waals surface area contributed by atoms with Gasteiger partial charge in [0.05, 0.1) is 12.6 Å². The van der Waals surface area contributed by atoms with Gasteiger partial charge in [-0.2, -0.15) is 0 Å². The number of aromatic nitrogens is 3. The molecule has 25 heavy (non-hydrogen) atoms. The number of piperidine rings is 1. The van der Waals surface area contributed by atoms with Gasteiger partial charge in [-0.05, 0) is 31.9 Å². The van der Waals surface area contributed by atoms with E-state index in [-0.39, 0.29) is 12.1 Å². The van der Waals surface area contributed by atoms with E-state index in [9.17, 15) is 4.79 Å². The summed E-state index contributed by atoms with van der Waals surface area (Å²) in [6.45, 7) is 5.12. The first-order valence-corrected chi connectivity index (χ1v) is 8.86. The molecule has 0 aliphatic carbocycles. The number of likely N-dealkylation sites (N-methyl/N-ethyl adjacent to an activating group) is 1. The number of benzene rings is 1. The van der Waals surface area contributed by atoms with Crippen molar-refractivity contribution in [3.05, 3.63) is 42.5 Å². The zero-order valence-electron chi connectivity index (χ0n) is 14.9. The van der Waals surface area contributed by atoms with Crippen LogP contribution in [0.5, 0.6) is 0 Å². The third-order valence-corrected chi connectivity index (χ3v) is 4.82. The van der Waals surface area contributed by atoms with Crippen molar-refractivity contribution in [1.29, 1.82) is 0 Å². The van der Waals surface area contributed by atoms with Crippen molar-refractivity contribution >= 4 is 11.7 Å². The fourth-order valence-electron chi connectivity index (χ4n) is 3.27. The van der Waals surface area contributed by atoms with Crippen LogP contribution in [0.4, 0.5) is 10.5 Å².